The Kier molecular flexibility index (Phi) is 6.60. The lowest BCUT2D eigenvalue weighted by Crippen LogP contribution is -1.98. The van der Waals surface area contributed by atoms with Gasteiger partial charge in [0.05, 0.1) is 0 Å². The second-order valence-corrected chi connectivity index (χ2v) is 13.2. The van der Waals surface area contributed by atoms with E-state index in [-0.39, 0.29) is 0 Å². The monoisotopic (exact) mass is 632 g/mol. The van der Waals surface area contributed by atoms with Gasteiger partial charge >= 0.3 is 0 Å². The van der Waals surface area contributed by atoms with Crippen molar-refractivity contribution in [2.75, 3.05) is 0 Å². The normalized spacial score (nSPS) is 11.6. The first-order chi connectivity index (χ1) is 24.8. The summed E-state index contributed by atoms with van der Waals surface area (Å²) < 4.78 is 0. The highest BCUT2D eigenvalue weighted by molar-refractivity contribution is 6.25. The van der Waals surface area contributed by atoms with Crippen molar-refractivity contribution < 1.29 is 0 Å². The second kappa shape index (κ2) is 11.6. The maximum absolute atomic E-state index is 2.34. The Bertz CT molecular complexity index is 2900. The molecule has 0 aromatic heterocycles. The van der Waals surface area contributed by atoms with E-state index >= 15 is 0 Å². The Morgan fingerprint density at radius 2 is 0.580 bits per heavy atom. The van der Waals surface area contributed by atoms with Crippen LogP contribution in [0, 0.1) is 0 Å². The van der Waals surface area contributed by atoms with Gasteiger partial charge in [-0.1, -0.05) is 194 Å². The van der Waals surface area contributed by atoms with Crippen LogP contribution in [0.5, 0.6) is 0 Å². The zero-order valence-corrected chi connectivity index (χ0v) is 27.5. The summed E-state index contributed by atoms with van der Waals surface area (Å²) in [6.07, 6.45) is 0. The van der Waals surface area contributed by atoms with Crippen molar-refractivity contribution in [3.05, 3.63) is 194 Å². The third-order valence-electron chi connectivity index (χ3n) is 10.5. The molecule has 0 radical (unpaired) electrons. The molecule has 0 saturated heterocycles. The van der Waals surface area contributed by atoms with Crippen LogP contribution in [0.1, 0.15) is 0 Å². The van der Waals surface area contributed by atoms with Crippen LogP contribution in [-0.2, 0) is 0 Å². The van der Waals surface area contributed by atoms with Crippen LogP contribution >= 0.6 is 0 Å². The molecule has 10 aromatic carbocycles. The van der Waals surface area contributed by atoms with E-state index in [9.17, 15) is 0 Å². The zero-order valence-electron chi connectivity index (χ0n) is 27.5. The van der Waals surface area contributed by atoms with E-state index in [4.69, 9.17) is 0 Å². The van der Waals surface area contributed by atoms with Crippen molar-refractivity contribution in [3.63, 3.8) is 0 Å². The van der Waals surface area contributed by atoms with E-state index < -0.39 is 0 Å². The summed E-state index contributed by atoms with van der Waals surface area (Å²) in [6, 6.07) is 71.4. The van der Waals surface area contributed by atoms with E-state index in [1.54, 1.807) is 0 Å². The molecular weight excluding hydrogens is 601 g/mol. The first-order valence-corrected chi connectivity index (χ1v) is 17.4. The predicted octanol–water partition coefficient (Wildman–Crippen LogP) is 14.1. The van der Waals surface area contributed by atoms with Gasteiger partial charge in [-0.2, -0.15) is 0 Å². The first kappa shape index (κ1) is 28.5. The van der Waals surface area contributed by atoms with Gasteiger partial charge in [-0.05, 0) is 98.4 Å². The topological polar surface area (TPSA) is 0 Å². The van der Waals surface area contributed by atoms with Gasteiger partial charge in [-0.25, -0.2) is 0 Å². The first-order valence-electron chi connectivity index (χ1n) is 17.4. The highest BCUT2D eigenvalue weighted by atomic mass is 14.3. The van der Waals surface area contributed by atoms with Gasteiger partial charge in [0.25, 0.3) is 0 Å². The molecule has 0 heterocycles. The average Bonchev–Trinajstić information content (AvgIpc) is 3.20. The molecule has 0 N–H and O–H groups in total. The van der Waals surface area contributed by atoms with Crippen molar-refractivity contribution in [1.82, 2.24) is 0 Å². The van der Waals surface area contributed by atoms with Gasteiger partial charge < -0.3 is 0 Å². The summed E-state index contributed by atoms with van der Waals surface area (Å²) >= 11 is 0. The van der Waals surface area contributed by atoms with E-state index in [2.05, 4.69) is 194 Å². The molecule has 0 heteroatoms. The molecule has 232 valence electrons. The minimum atomic E-state index is 1.21. The standard InChI is InChI=1S/C50H32/c1-3-17-35(18-4-1)47-45-23-11-12-24-46(45)49(43-27-13-25-39-37-21-9-7-15-33(37)29-31-41(39)43)50(48(47)36-19-5-2-6-20-36)44-28-14-26-40-38-22-10-8-16-34(38)30-32-42(40)44/h1-32H. The molecule has 10 rings (SSSR count). The molecule has 0 unspecified atom stereocenters. The summed E-state index contributed by atoms with van der Waals surface area (Å²) in [6.45, 7) is 0. The highest BCUT2D eigenvalue weighted by Crippen LogP contribution is 2.53. The quantitative estimate of drug-likeness (QED) is 0.169. The van der Waals surface area contributed by atoms with Gasteiger partial charge in [-0.15, -0.1) is 0 Å². The molecule has 0 aliphatic heterocycles. The molecule has 0 aliphatic rings. The lowest BCUT2D eigenvalue weighted by molar-refractivity contribution is 1.59. The van der Waals surface area contributed by atoms with Gasteiger partial charge in [0.15, 0.2) is 0 Å². The molecule has 0 saturated carbocycles. The number of rotatable bonds is 4. The Morgan fingerprint density at radius 1 is 0.180 bits per heavy atom. The summed E-state index contributed by atoms with van der Waals surface area (Å²) in [7, 11) is 0. The minimum absolute atomic E-state index is 1.21. The van der Waals surface area contributed by atoms with Gasteiger partial charge in [0.1, 0.15) is 0 Å². The Balaban J connectivity index is 1.47. The molecule has 0 atom stereocenters. The summed E-state index contributed by atoms with van der Waals surface area (Å²) in [5.41, 5.74) is 9.94. The average molecular weight is 633 g/mol. The van der Waals surface area contributed by atoms with Crippen molar-refractivity contribution in [1.29, 1.82) is 0 Å². The predicted molar refractivity (Wildman–Crippen MR) is 216 cm³/mol. The second-order valence-electron chi connectivity index (χ2n) is 13.2. The number of hydrogen-bond acceptors (Lipinski definition) is 0. The summed E-state index contributed by atoms with van der Waals surface area (Å²) in [5.74, 6) is 0. The van der Waals surface area contributed by atoms with Crippen LogP contribution in [0.15, 0.2) is 194 Å². The van der Waals surface area contributed by atoms with Crippen LogP contribution in [0.3, 0.4) is 0 Å². The summed E-state index contributed by atoms with van der Waals surface area (Å²) in [4.78, 5) is 0. The van der Waals surface area contributed by atoms with E-state index in [1.807, 2.05) is 0 Å². The van der Waals surface area contributed by atoms with Gasteiger partial charge in [0, 0.05) is 0 Å². The van der Waals surface area contributed by atoms with E-state index in [0.717, 1.165) is 0 Å². The molecule has 10 aromatic rings. The van der Waals surface area contributed by atoms with Crippen molar-refractivity contribution >= 4 is 53.9 Å². The molecule has 0 amide bonds. The molecule has 0 nitrogen and oxygen atoms in total. The smallest absolute Gasteiger partial charge is 0.000764 e. The van der Waals surface area contributed by atoms with Crippen LogP contribution in [0.2, 0.25) is 0 Å². The van der Waals surface area contributed by atoms with E-state index in [0.29, 0.717) is 0 Å². The minimum Gasteiger partial charge on any atom is -0.0622 e. The van der Waals surface area contributed by atoms with Crippen LogP contribution in [0.25, 0.3) is 98.4 Å². The van der Waals surface area contributed by atoms with Crippen molar-refractivity contribution in [3.8, 4) is 44.5 Å². The molecule has 0 aliphatic carbocycles. The molecule has 0 spiro atoms. The van der Waals surface area contributed by atoms with Crippen LogP contribution < -0.4 is 0 Å². The fourth-order valence-electron chi connectivity index (χ4n) is 8.30. The highest BCUT2D eigenvalue weighted by Gasteiger charge is 2.26. The Hall–Kier alpha value is -6.50. The zero-order chi connectivity index (χ0) is 33.0. The van der Waals surface area contributed by atoms with Gasteiger partial charge in [0.2, 0.25) is 0 Å². The Morgan fingerprint density at radius 3 is 1.12 bits per heavy atom. The molecular formula is C50H32. The fourth-order valence-corrected chi connectivity index (χ4v) is 8.30. The summed E-state index contributed by atoms with van der Waals surface area (Å²) in [5, 5.41) is 12.6. The third kappa shape index (κ3) is 4.39. The maximum Gasteiger partial charge on any atom is -0.000764 e. The van der Waals surface area contributed by atoms with Gasteiger partial charge in [-0.3, -0.25) is 0 Å². The number of benzene rings is 10. The van der Waals surface area contributed by atoms with Crippen molar-refractivity contribution in [2.24, 2.45) is 0 Å². The number of hydrogen-bond donors (Lipinski definition) is 0. The van der Waals surface area contributed by atoms with Crippen molar-refractivity contribution in [2.45, 2.75) is 0 Å². The van der Waals surface area contributed by atoms with Crippen LogP contribution in [-0.4, -0.2) is 0 Å². The fraction of sp³-hybridized carbons (Fsp3) is 0. The molecule has 0 bridgehead atoms. The largest absolute Gasteiger partial charge is 0.0622 e. The third-order valence-corrected chi connectivity index (χ3v) is 10.5. The lowest BCUT2D eigenvalue weighted by Gasteiger charge is -2.25. The maximum atomic E-state index is 2.34. The van der Waals surface area contributed by atoms with Crippen LogP contribution in [0.4, 0.5) is 0 Å². The SMILES string of the molecule is c1ccc(-c2c(-c3cccc4c3ccc3ccccc34)c(-c3cccc4c3ccc3ccccc34)c3ccccc3c2-c2ccccc2)cc1. The lowest BCUT2D eigenvalue weighted by atomic mass is 9.77. The Labute approximate surface area is 291 Å². The molecule has 0 fully saturated rings. The van der Waals surface area contributed by atoms with E-state index in [1.165, 1.54) is 98.4 Å². The molecule has 50 heavy (non-hydrogen) atoms. The number of fused-ring (bicyclic) bond motifs is 7.